The van der Waals surface area contributed by atoms with Crippen molar-refractivity contribution in [3.63, 3.8) is 0 Å². The number of benzene rings is 1. The Morgan fingerprint density at radius 1 is 1.45 bits per heavy atom. The maximum atomic E-state index is 10.1. The van der Waals surface area contributed by atoms with Crippen LogP contribution in [0.15, 0.2) is 36.1 Å². The van der Waals surface area contributed by atoms with Crippen LogP contribution < -0.4 is 5.73 Å². The molecule has 0 saturated heterocycles. The minimum Gasteiger partial charge on any atom is -0.500 e. The van der Waals surface area contributed by atoms with Crippen molar-refractivity contribution in [1.82, 2.24) is 0 Å². The Morgan fingerprint density at radius 3 is 2.35 bits per heavy atom. The molecule has 0 heterocycles. The molecule has 0 aliphatic rings. The van der Waals surface area contributed by atoms with E-state index >= 15 is 0 Å². The first-order chi connectivity index (χ1) is 9.42. The van der Waals surface area contributed by atoms with E-state index in [1.54, 1.807) is 6.92 Å². The molecule has 0 atom stereocenters. The van der Waals surface area contributed by atoms with Crippen molar-refractivity contribution in [3.8, 4) is 6.07 Å². The van der Waals surface area contributed by atoms with Crippen LogP contribution >= 0.6 is 0 Å². The maximum absolute atomic E-state index is 10.1. The van der Waals surface area contributed by atoms with Crippen molar-refractivity contribution < 1.29 is 14.6 Å². The lowest BCUT2D eigenvalue weighted by Gasteiger charge is -2.03. The molecule has 3 N–H and O–H groups in total. The Hall–Kier alpha value is -2.48. The Morgan fingerprint density at radius 2 is 2.00 bits per heavy atom. The van der Waals surface area contributed by atoms with E-state index < -0.39 is 5.97 Å². The molecule has 20 heavy (non-hydrogen) atoms. The standard InChI is InChI=1S/C9H13N.C6H7NO3/c1-7(2)8-3-5-9(10)6-4-8;1-2-10-4-5(3-7)6(8)9/h3-7H,10H2,1-2H3;4H,2H2,1H3,(H,8,9). The van der Waals surface area contributed by atoms with E-state index in [1.165, 1.54) is 11.6 Å². The minimum absolute atomic E-state index is 0.360. The van der Waals surface area contributed by atoms with Gasteiger partial charge in [0, 0.05) is 5.69 Å². The molecule has 0 unspecified atom stereocenters. The molecule has 0 spiro atoms. The van der Waals surface area contributed by atoms with E-state index in [9.17, 15) is 4.79 Å². The monoisotopic (exact) mass is 276 g/mol. The molecule has 1 aromatic rings. The van der Waals surface area contributed by atoms with Gasteiger partial charge in [0.1, 0.15) is 12.3 Å². The lowest BCUT2D eigenvalue weighted by Crippen LogP contribution is -1.98. The molecule has 0 fully saturated rings. The highest BCUT2D eigenvalue weighted by molar-refractivity contribution is 5.90. The fraction of sp³-hybridized carbons (Fsp3) is 0.333. The molecule has 5 nitrogen and oxygen atoms in total. The molecule has 0 bridgehead atoms. The summed E-state index contributed by atoms with van der Waals surface area (Å²) in [4.78, 5) is 10.1. The average molecular weight is 276 g/mol. The van der Waals surface area contributed by atoms with Crippen LogP contribution in [0.2, 0.25) is 0 Å². The molecule has 0 saturated carbocycles. The van der Waals surface area contributed by atoms with Crippen LogP contribution in [0.3, 0.4) is 0 Å². The number of carboxylic acids is 1. The van der Waals surface area contributed by atoms with Gasteiger partial charge in [0.15, 0.2) is 5.57 Å². The first-order valence-electron chi connectivity index (χ1n) is 6.22. The molecule has 0 aliphatic heterocycles. The molecular weight excluding hydrogens is 256 g/mol. The summed E-state index contributed by atoms with van der Waals surface area (Å²) in [6.07, 6.45) is 0.933. The number of hydrogen-bond acceptors (Lipinski definition) is 4. The summed E-state index contributed by atoms with van der Waals surface area (Å²) in [6.45, 7) is 6.41. The summed E-state index contributed by atoms with van der Waals surface area (Å²) in [5.74, 6) is -0.670. The number of ether oxygens (including phenoxy) is 1. The highest BCUT2D eigenvalue weighted by Gasteiger charge is 2.04. The summed E-state index contributed by atoms with van der Waals surface area (Å²) >= 11 is 0. The number of hydrogen-bond donors (Lipinski definition) is 2. The van der Waals surface area contributed by atoms with E-state index in [0.29, 0.717) is 12.5 Å². The summed E-state index contributed by atoms with van der Waals surface area (Å²) in [6, 6.07) is 9.49. The molecule has 5 heteroatoms. The Labute approximate surface area is 119 Å². The van der Waals surface area contributed by atoms with Crippen molar-refractivity contribution in [2.45, 2.75) is 26.7 Å². The van der Waals surface area contributed by atoms with Gasteiger partial charge in [0.25, 0.3) is 0 Å². The van der Waals surface area contributed by atoms with Gasteiger partial charge in [-0.1, -0.05) is 26.0 Å². The highest BCUT2D eigenvalue weighted by Crippen LogP contribution is 2.14. The summed E-state index contributed by atoms with van der Waals surface area (Å²) in [5, 5.41) is 16.4. The predicted octanol–water partition coefficient (Wildman–Crippen LogP) is 2.91. The minimum atomic E-state index is -1.27. The average Bonchev–Trinajstić information content (AvgIpc) is 2.40. The third kappa shape index (κ3) is 7.07. The molecule has 0 aliphatic carbocycles. The van der Waals surface area contributed by atoms with Gasteiger partial charge >= 0.3 is 5.97 Å². The molecular formula is C15H20N2O3. The topological polar surface area (TPSA) is 96.3 Å². The SMILES string of the molecule is CC(C)c1ccc(N)cc1.CCOC=C(C#N)C(=O)O. The number of nitriles is 1. The number of nitrogens with zero attached hydrogens (tertiary/aromatic N) is 1. The van der Waals surface area contributed by atoms with Crippen molar-refractivity contribution in [1.29, 1.82) is 5.26 Å². The van der Waals surface area contributed by atoms with Gasteiger partial charge in [0.05, 0.1) is 6.61 Å². The van der Waals surface area contributed by atoms with E-state index in [4.69, 9.17) is 16.1 Å². The van der Waals surface area contributed by atoms with Gasteiger partial charge in [-0.05, 0) is 30.5 Å². The second kappa shape index (κ2) is 9.45. The smallest absolute Gasteiger partial charge is 0.349 e. The number of rotatable bonds is 4. The van der Waals surface area contributed by atoms with Crippen LogP contribution in [0.25, 0.3) is 0 Å². The zero-order valence-electron chi connectivity index (χ0n) is 12.0. The molecule has 1 rings (SSSR count). The second-order valence-corrected chi connectivity index (χ2v) is 4.23. The van der Waals surface area contributed by atoms with E-state index in [2.05, 4.69) is 30.7 Å². The van der Waals surface area contributed by atoms with E-state index in [-0.39, 0.29) is 5.57 Å². The molecule has 108 valence electrons. The van der Waals surface area contributed by atoms with E-state index in [1.807, 2.05) is 12.1 Å². The van der Waals surface area contributed by atoms with Gasteiger partial charge in [0.2, 0.25) is 0 Å². The fourth-order valence-electron chi connectivity index (χ4n) is 1.17. The number of carboxylic acid groups (broad SMARTS) is 1. The molecule has 0 amide bonds. The van der Waals surface area contributed by atoms with Crippen LogP contribution in [0.4, 0.5) is 5.69 Å². The zero-order chi connectivity index (χ0) is 15.5. The van der Waals surface area contributed by atoms with Crippen LogP contribution in [0, 0.1) is 11.3 Å². The zero-order valence-corrected chi connectivity index (χ0v) is 12.0. The normalized spacial score (nSPS) is 10.2. The highest BCUT2D eigenvalue weighted by atomic mass is 16.5. The second-order valence-electron chi connectivity index (χ2n) is 4.23. The predicted molar refractivity (Wildman–Crippen MR) is 77.9 cm³/mol. The van der Waals surface area contributed by atoms with Gasteiger partial charge in [-0.2, -0.15) is 5.26 Å². The quantitative estimate of drug-likeness (QED) is 0.381. The van der Waals surface area contributed by atoms with Crippen LogP contribution in [0.5, 0.6) is 0 Å². The van der Waals surface area contributed by atoms with Crippen molar-refractivity contribution in [2.24, 2.45) is 0 Å². The third-order valence-electron chi connectivity index (χ3n) is 2.32. The summed E-state index contributed by atoms with van der Waals surface area (Å²) in [7, 11) is 0. The first kappa shape index (κ1) is 17.5. The number of nitrogens with two attached hydrogens (primary N) is 1. The Balaban J connectivity index is 0.000000361. The number of aliphatic carboxylic acids is 1. The lowest BCUT2D eigenvalue weighted by molar-refractivity contribution is -0.132. The summed E-state index contributed by atoms with van der Waals surface area (Å²) in [5.41, 5.74) is 7.32. The van der Waals surface area contributed by atoms with Crippen molar-refractivity contribution in [2.75, 3.05) is 12.3 Å². The Bertz CT molecular complexity index is 485. The van der Waals surface area contributed by atoms with Gasteiger partial charge in [-0.3, -0.25) is 0 Å². The largest absolute Gasteiger partial charge is 0.500 e. The molecule has 0 aromatic heterocycles. The third-order valence-corrected chi connectivity index (χ3v) is 2.32. The lowest BCUT2D eigenvalue weighted by atomic mass is 10.0. The molecule has 1 aromatic carbocycles. The van der Waals surface area contributed by atoms with Crippen LogP contribution in [0.1, 0.15) is 32.3 Å². The van der Waals surface area contributed by atoms with Crippen molar-refractivity contribution in [3.05, 3.63) is 41.7 Å². The molecule has 0 radical (unpaired) electrons. The number of nitrogen functional groups attached to an aromatic ring is 1. The van der Waals surface area contributed by atoms with Gasteiger partial charge in [-0.15, -0.1) is 0 Å². The van der Waals surface area contributed by atoms with Crippen LogP contribution in [-0.4, -0.2) is 17.7 Å². The van der Waals surface area contributed by atoms with E-state index in [0.717, 1.165) is 11.9 Å². The van der Waals surface area contributed by atoms with Crippen molar-refractivity contribution >= 4 is 11.7 Å². The maximum Gasteiger partial charge on any atom is 0.349 e. The van der Waals surface area contributed by atoms with Gasteiger partial charge in [-0.25, -0.2) is 4.79 Å². The number of anilines is 1. The summed E-state index contributed by atoms with van der Waals surface area (Å²) < 4.78 is 4.58. The number of carbonyl (C=O) groups is 1. The Kier molecular flexibility index (Phi) is 8.28. The van der Waals surface area contributed by atoms with Crippen LogP contribution in [-0.2, 0) is 9.53 Å². The first-order valence-corrected chi connectivity index (χ1v) is 6.22. The fourth-order valence-corrected chi connectivity index (χ4v) is 1.17. The van der Waals surface area contributed by atoms with Gasteiger partial charge < -0.3 is 15.6 Å².